The minimum Gasteiger partial charge on any atom is -0.539 e. The van der Waals surface area contributed by atoms with Crippen LogP contribution in [0.3, 0.4) is 0 Å². The molecule has 0 bridgehead atoms. The zero-order valence-corrected chi connectivity index (χ0v) is 10.4. The van der Waals surface area contributed by atoms with Crippen LogP contribution in [0.5, 0.6) is 5.95 Å². The van der Waals surface area contributed by atoms with Crippen LogP contribution in [0, 0.1) is 0 Å². The second-order valence-electron chi connectivity index (χ2n) is 4.33. The third-order valence-corrected chi connectivity index (χ3v) is 2.83. The largest absolute Gasteiger partial charge is 0.539 e. The molecule has 6 nitrogen and oxygen atoms in total. The Morgan fingerprint density at radius 3 is 2.80 bits per heavy atom. The number of hydrogen-bond acceptors (Lipinski definition) is 4. The van der Waals surface area contributed by atoms with Gasteiger partial charge in [0.15, 0.2) is 0 Å². The quantitative estimate of drug-likeness (QED) is 0.714. The second-order valence-corrected chi connectivity index (χ2v) is 4.33. The predicted octanol–water partition coefficient (Wildman–Crippen LogP) is 0.828. The molecule has 2 aromatic carbocycles. The van der Waals surface area contributed by atoms with Crippen molar-refractivity contribution in [2.24, 2.45) is 0 Å². The van der Waals surface area contributed by atoms with Crippen LogP contribution in [-0.2, 0) is 11.3 Å². The van der Waals surface area contributed by atoms with Gasteiger partial charge in [0.1, 0.15) is 5.95 Å². The lowest BCUT2D eigenvalue weighted by molar-refractivity contribution is -0.750. The van der Waals surface area contributed by atoms with Crippen LogP contribution >= 0.6 is 0 Å². The summed E-state index contributed by atoms with van der Waals surface area (Å²) >= 11 is 0. The summed E-state index contributed by atoms with van der Waals surface area (Å²) in [6.07, 6.45) is 1.12. The van der Waals surface area contributed by atoms with Gasteiger partial charge in [0.2, 0.25) is 6.20 Å². The van der Waals surface area contributed by atoms with Gasteiger partial charge in [-0.25, -0.2) is 0 Å². The van der Waals surface area contributed by atoms with Crippen molar-refractivity contribution in [3.8, 4) is 5.95 Å². The Kier molecular flexibility index (Phi) is 3.04. The zero-order chi connectivity index (χ0) is 13.9. The molecular formula is C14H11N3O3. The predicted molar refractivity (Wildman–Crippen MR) is 68.7 cm³/mol. The third-order valence-electron chi connectivity index (χ3n) is 2.83. The summed E-state index contributed by atoms with van der Waals surface area (Å²) in [5.74, 6) is -0.859. The molecule has 100 valence electrons. The molecule has 0 saturated carbocycles. The van der Waals surface area contributed by atoms with Crippen molar-refractivity contribution in [1.82, 2.24) is 5.27 Å². The molecule has 1 amide bonds. The first-order valence-corrected chi connectivity index (χ1v) is 6.03. The Morgan fingerprint density at radius 2 is 2.05 bits per heavy atom. The van der Waals surface area contributed by atoms with Gasteiger partial charge >= 0.3 is 0 Å². The Balaban J connectivity index is 1.73. The summed E-state index contributed by atoms with van der Waals surface area (Å²) in [5, 5.41) is 19.1. The van der Waals surface area contributed by atoms with Gasteiger partial charge in [-0.15, -0.1) is 0 Å². The Bertz CT molecular complexity index is 767. The summed E-state index contributed by atoms with van der Waals surface area (Å²) in [5.41, 5.74) is 0.695. The monoisotopic (exact) mass is 269 g/mol. The van der Waals surface area contributed by atoms with Gasteiger partial charge in [-0.2, -0.15) is 0 Å². The SMILES string of the molecule is O=C(C[n+]1cc([O-])on1)Nc1ccc2ccccc2c1. The van der Waals surface area contributed by atoms with E-state index in [-0.39, 0.29) is 12.5 Å². The van der Waals surface area contributed by atoms with Gasteiger partial charge in [-0.05, 0) is 22.9 Å². The molecule has 0 saturated heterocycles. The van der Waals surface area contributed by atoms with E-state index in [0.717, 1.165) is 21.7 Å². The fourth-order valence-corrected chi connectivity index (χ4v) is 1.95. The van der Waals surface area contributed by atoms with E-state index in [1.807, 2.05) is 42.5 Å². The van der Waals surface area contributed by atoms with E-state index in [1.165, 1.54) is 0 Å². The Labute approximate surface area is 114 Å². The maximum Gasteiger partial charge on any atom is 0.292 e. The number of fused-ring (bicyclic) bond motifs is 1. The second kappa shape index (κ2) is 5.00. The number of carbonyl (C=O) groups excluding carboxylic acids is 1. The van der Waals surface area contributed by atoms with Crippen molar-refractivity contribution >= 4 is 22.4 Å². The number of aromatic nitrogens is 2. The van der Waals surface area contributed by atoms with E-state index in [4.69, 9.17) is 0 Å². The average molecular weight is 269 g/mol. The lowest BCUT2D eigenvalue weighted by atomic mass is 10.1. The van der Waals surface area contributed by atoms with Crippen molar-refractivity contribution in [2.75, 3.05) is 5.32 Å². The molecule has 0 atom stereocenters. The van der Waals surface area contributed by atoms with Gasteiger partial charge in [-0.3, -0.25) is 4.79 Å². The first kappa shape index (κ1) is 12.2. The molecule has 0 radical (unpaired) electrons. The van der Waals surface area contributed by atoms with E-state index in [0.29, 0.717) is 5.69 Å². The Morgan fingerprint density at radius 1 is 1.25 bits per heavy atom. The number of benzene rings is 2. The number of anilines is 1. The maximum absolute atomic E-state index is 11.8. The molecule has 3 rings (SSSR count). The topological polar surface area (TPSA) is 82.1 Å². The minimum atomic E-state index is -0.580. The standard InChI is InChI=1S/C14H11N3O3/c18-13(8-17-9-14(19)20-16-17)15-12-6-5-10-3-1-2-4-11(10)7-12/h1-7,9H,8H2,(H-,15,16,18,19). The molecule has 1 N–H and O–H groups in total. The third kappa shape index (κ3) is 2.59. The van der Waals surface area contributed by atoms with Crippen LogP contribution < -0.4 is 15.1 Å². The average Bonchev–Trinajstić information content (AvgIpc) is 2.83. The number of rotatable bonds is 3. The molecule has 0 aliphatic rings. The summed E-state index contributed by atoms with van der Waals surface area (Å²) in [6, 6.07) is 13.5. The molecule has 0 spiro atoms. The highest BCUT2D eigenvalue weighted by Crippen LogP contribution is 2.18. The van der Waals surface area contributed by atoms with E-state index in [2.05, 4.69) is 15.1 Å². The van der Waals surface area contributed by atoms with Crippen molar-refractivity contribution in [3.05, 3.63) is 48.7 Å². The van der Waals surface area contributed by atoms with Crippen molar-refractivity contribution in [1.29, 1.82) is 0 Å². The zero-order valence-electron chi connectivity index (χ0n) is 10.4. The van der Waals surface area contributed by atoms with Crippen LogP contribution in [-0.4, -0.2) is 11.2 Å². The van der Waals surface area contributed by atoms with E-state index < -0.39 is 5.95 Å². The minimum absolute atomic E-state index is 0.0709. The molecule has 0 unspecified atom stereocenters. The first-order valence-electron chi connectivity index (χ1n) is 6.03. The van der Waals surface area contributed by atoms with Gasteiger partial charge in [0, 0.05) is 5.69 Å². The van der Waals surface area contributed by atoms with Crippen LogP contribution in [0.2, 0.25) is 0 Å². The fraction of sp³-hybridized carbons (Fsp3) is 0.0714. The highest BCUT2D eigenvalue weighted by molar-refractivity contribution is 5.93. The highest BCUT2D eigenvalue weighted by atomic mass is 16.6. The summed E-state index contributed by atoms with van der Waals surface area (Å²) in [4.78, 5) is 11.8. The van der Waals surface area contributed by atoms with E-state index in [9.17, 15) is 9.90 Å². The fourth-order valence-electron chi connectivity index (χ4n) is 1.95. The molecule has 0 aliphatic carbocycles. The van der Waals surface area contributed by atoms with Crippen LogP contribution in [0.4, 0.5) is 5.69 Å². The number of carbonyl (C=O) groups is 1. The van der Waals surface area contributed by atoms with Crippen molar-refractivity contribution in [2.45, 2.75) is 6.54 Å². The van der Waals surface area contributed by atoms with Gasteiger partial charge in [0.25, 0.3) is 12.5 Å². The first-order chi connectivity index (χ1) is 9.70. The smallest absolute Gasteiger partial charge is 0.292 e. The summed E-state index contributed by atoms with van der Waals surface area (Å²) in [7, 11) is 0. The normalized spacial score (nSPS) is 10.6. The van der Waals surface area contributed by atoms with E-state index >= 15 is 0 Å². The Hall–Kier alpha value is -2.89. The summed E-state index contributed by atoms with van der Waals surface area (Å²) < 4.78 is 5.50. The van der Waals surface area contributed by atoms with Crippen LogP contribution in [0.1, 0.15) is 0 Å². The molecule has 3 aromatic rings. The van der Waals surface area contributed by atoms with Crippen molar-refractivity contribution in [3.63, 3.8) is 0 Å². The van der Waals surface area contributed by atoms with Gasteiger partial charge in [-0.1, -0.05) is 35.0 Å². The number of hydrogen-bond donors (Lipinski definition) is 1. The van der Waals surface area contributed by atoms with Crippen molar-refractivity contribution < 1.29 is 19.1 Å². The molecule has 1 heterocycles. The van der Waals surface area contributed by atoms with Gasteiger partial charge < -0.3 is 14.9 Å². The lowest BCUT2D eigenvalue weighted by Gasteiger charge is -2.04. The summed E-state index contributed by atoms with van der Waals surface area (Å²) in [6.45, 7) is -0.0709. The van der Waals surface area contributed by atoms with E-state index in [1.54, 1.807) is 0 Å². The van der Waals surface area contributed by atoms with Gasteiger partial charge in [0.05, 0.1) is 5.27 Å². The molecule has 20 heavy (non-hydrogen) atoms. The number of nitrogens with zero attached hydrogens (tertiary/aromatic N) is 2. The van der Waals surface area contributed by atoms with Crippen LogP contribution in [0.25, 0.3) is 10.8 Å². The molecule has 0 fully saturated rings. The lowest BCUT2D eigenvalue weighted by Crippen LogP contribution is -2.41. The van der Waals surface area contributed by atoms with Crippen LogP contribution in [0.15, 0.2) is 53.2 Å². The number of amides is 1. The molecule has 1 aromatic heterocycles. The molecular weight excluding hydrogens is 258 g/mol. The molecule has 0 aliphatic heterocycles. The maximum atomic E-state index is 11.8. The number of nitrogens with one attached hydrogen (secondary N) is 1. The highest BCUT2D eigenvalue weighted by Gasteiger charge is 2.12. The molecule has 6 heteroatoms.